The van der Waals surface area contributed by atoms with Crippen molar-refractivity contribution < 1.29 is 0 Å². The maximum atomic E-state index is 3.54. The summed E-state index contributed by atoms with van der Waals surface area (Å²) in [7, 11) is 2.11. The number of rotatable bonds is 5. The van der Waals surface area contributed by atoms with Crippen LogP contribution in [0.3, 0.4) is 0 Å². The summed E-state index contributed by atoms with van der Waals surface area (Å²) in [5, 5.41) is 3.50. The summed E-state index contributed by atoms with van der Waals surface area (Å²) < 4.78 is 1.25. The largest absolute Gasteiger partial charge is 0.317 e. The Hall–Kier alpha value is 0.140. The Morgan fingerprint density at radius 2 is 2.12 bits per heavy atom. The Bertz CT molecular complexity index is 331. The lowest BCUT2D eigenvalue weighted by Crippen LogP contribution is -2.30. The van der Waals surface area contributed by atoms with Gasteiger partial charge in [0.05, 0.1) is 3.79 Å². The molecule has 0 amide bonds. The van der Waals surface area contributed by atoms with E-state index < -0.39 is 0 Å². The molecule has 1 aromatic rings. The van der Waals surface area contributed by atoms with Crippen LogP contribution in [0.5, 0.6) is 0 Å². The molecule has 0 aromatic carbocycles. The molecule has 1 aromatic heterocycles. The monoisotopic (exact) mass is 315 g/mol. The minimum atomic E-state index is 0.656. The third-order valence-electron chi connectivity index (χ3n) is 3.83. The lowest BCUT2D eigenvalue weighted by molar-refractivity contribution is 0.303. The van der Waals surface area contributed by atoms with E-state index in [1.54, 1.807) is 0 Å². The molecule has 1 heterocycles. The van der Waals surface area contributed by atoms with Crippen molar-refractivity contribution in [3.05, 3.63) is 20.8 Å². The number of hydrogen-bond acceptors (Lipinski definition) is 2. The van der Waals surface area contributed by atoms with Gasteiger partial charge >= 0.3 is 0 Å². The molecule has 0 spiro atoms. The Morgan fingerprint density at radius 1 is 1.35 bits per heavy atom. The molecule has 96 valence electrons. The first kappa shape index (κ1) is 13.6. The molecule has 0 bridgehead atoms. The Kier molecular flexibility index (Phi) is 5.51. The maximum absolute atomic E-state index is 3.54. The van der Waals surface area contributed by atoms with Gasteiger partial charge in [-0.2, -0.15) is 0 Å². The molecule has 1 atom stereocenters. The predicted molar refractivity (Wildman–Crippen MR) is 79.8 cm³/mol. The minimum absolute atomic E-state index is 0.656. The normalized spacial score (nSPS) is 19.4. The fourth-order valence-electron chi connectivity index (χ4n) is 2.83. The van der Waals surface area contributed by atoms with Crippen LogP contribution in [-0.2, 0) is 6.42 Å². The molecule has 17 heavy (non-hydrogen) atoms. The van der Waals surface area contributed by atoms with Gasteiger partial charge in [-0.15, -0.1) is 11.3 Å². The first-order valence-electron chi connectivity index (χ1n) is 6.69. The van der Waals surface area contributed by atoms with Crippen LogP contribution in [0.15, 0.2) is 15.9 Å². The van der Waals surface area contributed by atoms with Gasteiger partial charge in [-0.1, -0.05) is 32.1 Å². The fourth-order valence-corrected chi connectivity index (χ4v) is 4.40. The summed E-state index contributed by atoms with van der Waals surface area (Å²) in [6.45, 7) is 0. The van der Waals surface area contributed by atoms with Crippen molar-refractivity contribution in [3.63, 3.8) is 0 Å². The summed E-state index contributed by atoms with van der Waals surface area (Å²) in [5.41, 5.74) is 0. The molecule has 3 heteroatoms. The molecular weight excluding hydrogens is 294 g/mol. The summed E-state index contributed by atoms with van der Waals surface area (Å²) in [5.74, 6) is 0.963. The smallest absolute Gasteiger partial charge is 0.0701 e. The summed E-state index contributed by atoms with van der Waals surface area (Å²) in [4.78, 5) is 1.49. The summed E-state index contributed by atoms with van der Waals surface area (Å²) >= 11 is 5.41. The van der Waals surface area contributed by atoms with Crippen LogP contribution in [0.1, 0.15) is 43.4 Å². The zero-order chi connectivity index (χ0) is 12.1. The lowest BCUT2D eigenvalue weighted by atomic mass is 9.84. The van der Waals surface area contributed by atoms with Crippen LogP contribution in [0.25, 0.3) is 0 Å². The Balaban J connectivity index is 1.83. The van der Waals surface area contributed by atoms with E-state index in [0.29, 0.717) is 6.04 Å². The van der Waals surface area contributed by atoms with Gasteiger partial charge in [-0.3, -0.25) is 0 Å². The summed E-state index contributed by atoms with van der Waals surface area (Å²) in [6, 6.07) is 5.07. The highest BCUT2D eigenvalue weighted by molar-refractivity contribution is 9.11. The van der Waals surface area contributed by atoms with Gasteiger partial charge in [0, 0.05) is 10.9 Å². The molecule has 1 aliphatic carbocycles. The molecular formula is C14H22BrNS. The molecule has 1 fully saturated rings. The van der Waals surface area contributed by atoms with Crippen molar-refractivity contribution >= 4 is 27.3 Å². The van der Waals surface area contributed by atoms with E-state index in [-0.39, 0.29) is 0 Å². The van der Waals surface area contributed by atoms with Gasteiger partial charge in [0.1, 0.15) is 0 Å². The van der Waals surface area contributed by atoms with E-state index in [0.717, 1.165) is 5.92 Å². The van der Waals surface area contributed by atoms with Gasteiger partial charge < -0.3 is 5.32 Å². The highest BCUT2D eigenvalue weighted by atomic mass is 79.9. The van der Waals surface area contributed by atoms with Crippen LogP contribution >= 0.6 is 27.3 Å². The standard InChI is InChI=1S/C14H22BrNS/c1-16-12(9-11-5-3-2-4-6-11)10-13-7-8-14(15)17-13/h7-8,11-12,16H,2-6,9-10H2,1H3. The molecule has 1 aliphatic rings. The van der Waals surface area contributed by atoms with E-state index in [9.17, 15) is 0 Å². The topological polar surface area (TPSA) is 12.0 Å². The number of likely N-dealkylation sites (N-methyl/N-ethyl adjacent to an activating group) is 1. The van der Waals surface area contributed by atoms with Gasteiger partial charge in [-0.05, 0) is 53.9 Å². The van der Waals surface area contributed by atoms with Crippen LogP contribution in [0.4, 0.5) is 0 Å². The average Bonchev–Trinajstić information content (AvgIpc) is 2.75. The highest BCUT2D eigenvalue weighted by Gasteiger charge is 2.18. The molecule has 1 N–H and O–H groups in total. The number of nitrogens with one attached hydrogen (secondary N) is 1. The third kappa shape index (κ3) is 4.38. The Morgan fingerprint density at radius 3 is 2.71 bits per heavy atom. The van der Waals surface area contributed by atoms with Gasteiger partial charge in [0.2, 0.25) is 0 Å². The number of hydrogen-bond donors (Lipinski definition) is 1. The lowest BCUT2D eigenvalue weighted by Gasteiger charge is -2.26. The Labute approximate surface area is 117 Å². The van der Waals surface area contributed by atoms with E-state index in [4.69, 9.17) is 0 Å². The number of thiophene rings is 1. The molecule has 0 radical (unpaired) electrons. The second kappa shape index (κ2) is 6.91. The van der Waals surface area contributed by atoms with Crippen molar-refractivity contribution in [2.75, 3.05) is 7.05 Å². The molecule has 1 nitrogen and oxygen atoms in total. The van der Waals surface area contributed by atoms with Crippen molar-refractivity contribution in [2.45, 2.75) is 51.0 Å². The average molecular weight is 316 g/mol. The van der Waals surface area contributed by atoms with Crippen LogP contribution in [0.2, 0.25) is 0 Å². The van der Waals surface area contributed by atoms with Crippen molar-refractivity contribution in [1.82, 2.24) is 5.32 Å². The van der Waals surface area contributed by atoms with Crippen molar-refractivity contribution in [1.29, 1.82) is 0 Å². The molecule has 2 rings (SSSR count). The first-order valence-corrected chi connectivity index (χ1v) is 8.30. The number of halogens is 1. The van der Waals surface area contributed by atoms with E-state index in [2.05, 4.69) is 40.4 Å². The van der Waals surface area contributed by atoms with Crippen molar-refractivity contribution in [3.8, 4) is 0 Å². The zero-order valence-electron chi connectivity index (χ0n) is 10.5. The second-order valence-electron chi connectivity index (χ2n) is 5.14. The van der Waals surface area contributed by atoms with E-state index >= 15 is 0 Å². The quantitative estimate of drug-likeness (QED) is 0.836. The van der Waals surface area contributed by atoms with E-state index in [1.165, 1.54) is 53.6 Å². The maximum Gasteiger partial charge on any atom is 0.0701 e. The molecule has 0 aliphatic heterocycles. The SMILES string of the molecule is CNC(Cc1ccc(Br)s1)CC1CCCCC1. The predicted octanol–water partition coefficient (Wildman–Crippen LogP) is 4.61. The molecule has 1 unspecified atom stereocenters. The zero-order valence-corrected chi connectivity index (χ0v) is 12.9. The third-order valence-corrected chi connectivity index (χ3v) is 5.47. The molecule has 1 saturated carbocycles. The highest BCUT2D eigenvalue weighted by Crippen LogP contribution is 2.29. The second-order valence-corrected chi connectivity index (χ2v) is 7.68. The van der Waals surface area contributed by atoms with Gasteiger partial charge in [-0.25, -0.2) is 0 Å². The molecule has 0 saturated heterocycles. The van der Waals surface area contributed by atoms with Gasteiger partial charge in [0.15, 0.2) is 0 Å². The van der Waals surface area contributed by atoms with Crippen LogP contribution in [-0.4, -0.2) is 13.1 Å². The minimum Gasteiger partial charge on any atom is -0.317 e. The van der Waals surface area contributed by atoms with Crippen LogP contribution < -0.4 is 5.32 Å². The summed E-state index contributed by atoms with van der Waals surface area (Å²) in [6.07, 6.45) is 9.80. The van der Waals surface area contributed by atoms with Crippen molar-refractivity contribution in [2.24, 2.45) is 5.92 Å². The fraction of sp³-hybridized carbons (Fsp3) is 0.714. The first-order chi connectivity index (χ1) is 8.28. The van der Waals surface area contributed by atoms with Crippen LogP contribution in [0, 0.1) is 5.92 Å². The van der Waals surface area contributed by atoms with Gasteiger partial charge in [0.25, 0.3) is 0 Å². The van der Waals surface area contributed by atoms with E-state index in [1.807, 2.05) is 11.3 Å².